The minimum Gasteiger partial charge on any atom is -0.481 e. The summed E-state index contributed by atoms with van der Waals surface area (Å²) in [5, 5.41) is 43.6. The van der Waals surface area contributed by atoms with Crippen LogP contribution in [0.5, 0.6) is 0 Å². The zero-order chi connectivity index (χ0) is 30.7. The number of fused-ring (bicyclic) bond motifs is 1. The van der Waals surface area contributed by atoms with Gasteiger partial charge in [0, 0.05) is 23.4 Å². The molecule has 0 saturated carbocycles. The van der Waals surface area contributed by atoms with Gasteiger partial charge in [-0.05, 0) is 55.2 Å². The van der Waals surface area contributed by atoms with Crippen LogP contribution in [-0.4, -0.2) is 88.9 Å². The number of carbonyl (C=O) groups is 3. The van der Waals surface area contributed by atoms with Crippen molar-refractivity contribution in [1.29, 1.82) is 0 Å². The van der Waals surface area contributed by atoms with Crippen LogP contribution in [0.4, 0.5) is 19.0 Å². The highest BCUT2D eigenvalue weighted by atomic mass is 32.2. The summed E-state index contributed by atoms with van der Waals surface area (Å²) >= 11 is 3.50. The summed E-state index contributed by atoms with van der Waals surface area (Å²) in [4.78, 5) is 33.9. The van der Waals surface area contributed by atoms with Gasteiger partial charge in [-0.3, -0.25) is 14.5 Å². The number of halogens is 3. The van der Waals surface area contributed by atoms with Crippen molar-refractivity contribution in [2.75, 3.05) is 23.4 Å². The third-order valence-corrected chi connectivity index (χ3v) is 9.71. The molecule has 3 aliphatic rings. The maximum absolute atomic E-state index is 13.9. The molecule has 3 aliphatic heterocycles. The van der Waals surface area contributed by atoms with Crippen molar-refractivity contribution in [2.45, 2.75) is 80.9 Å². The van der Waals surface area contributed by atoms with Gasteiger partial charge >= 0.3 is 24.1 Å². The largest absolute Gasteiger partial charge is 0.481 e. The van der Waals surface area contributed by atoms with Crippen LogP contribution in [0.15, 0.2) is 23.6 Å². The van der Waals surface area contributed by atoms with E-state index in [1.54, 1.807) is 0 Å². The van der Waals surface area contributed by atoms with Gasteiger partial charge in [0.2, 0.25) is 0 Å². The van der Waals surface area contributed by atoms with Gasteiger partial charge in [-0.2, -0.15) is 30.0 Å². The van der Waals surface area contributed by atoms with E-state index >= 15 is 0 Å². The molecule has 16 heteroatoms. The van der Waals surface area contributed by atoms with Crippen LogP contribution in [0.2, 0.25) is 0 Å². The molecular formula is C26H33F3N4O7S2. The predicted molar refractivity (Wildman–Crippen MR) is 149 cm³/mol. The van der Waals surface area contributed by atoms with Crippen LogP contribution in [0.25, 0.3) is 0 Å². The molecular weight excluding hydrogens is 601 g/mol. The number of anilines is 1. The number of hydrogen-bond donors (Lipinski definition) is 5. The first-order chi connectivity index (χ1) is 19.8. The molecule has 5 rings (SSSR count). The average Bonchev–Trinajstić information content (AvgIpc) is 3.68. The van der Waals surface area contributed by atoms with E-state index in [0.29, 0.717) is 11.9 Å². The maximum Gasteiger partial charge on any atom is 0.410 e. The number of aliphatic hydroxyl groups is 1. The summed E-state index contributed by atoms with van der Waals surface area (Å²) < 4.78 is 42.9. The van der Waals surface area contributed by atoms with Gasteiger partial charge in [0.25, 0.3) is 0 Å². The second-order valence-corrected chi connectivity index (χ2v) is 12.8. The SMILES string of the molecule is FC(F)(F)[C@H]1C[C@@H](c2cccs2)Nc2cc(C3CCCN3C3CCSCC3)nn21.O=C(O)CC(O)(CC(=O)O)C(=O)O. The van der Waals surface area contributed by atoms with E-state index in [1.165, 1.54) is 40.4 Å². The number of alkyl halides is 3. The minimum absolute atomic E-state index is 0.0215. The van der Waals surface area contributed by atoms with Crippen molar-refractivity contribution >= 4 is 46.8 Å². The molecule has 2 aromatic rings. The molecule has 0 aliphatic carbocycles. The van der Waals surface area contributed by atoms with E-state index in [4.69, 9.17) is 20.4 Å². The molecule has 2 aromatic heterocycles. The lowest BCUT2D eigenvalue weighted by Crippen LogP contribution is -2.42. The zero-order valence-corrected chi connectivity index (χ0v) is 24.1. The third kappa shape index (κ3) is 7.57. The average molecular weight is 635 g/mol. The van der Waals surface area contributed by atoms with Crippen molar-refractivity contribution in [3.05, 3.63) is 34.2 Å². The fourth-order valence-electron chi connectivity index (χ4n) is 5.71. The van der Waals surface area contributed by atoms with Gasteiger partial charge in [0.05, 0.1) is 30.6 Å². The zero-order valence-electron chi connectivity index (χ0n) is 22.5. The first-order valence-corrected chi connectivity index (χ1v) is 15.5. The summed E-state index contributed by atoms with van der Waals surface area (Å²) in [6.45, 7) is 1.02. The highest BCUT2D eigenvalue weighted by Gasteiger charge is 2.47. The monoisotopic (exact) mass is 634 g/mol. The molecule has 232 valence electrons. The van der Waals surface area contributed by atoms with Gasteiger partial charge in [0.1, 0.15) is 5.82 Å². The Morgan fingerprint density at radius 2 is 1.74 bits per heavy atom. The van der Waals surface area contributed by atoms with Crippen LogP contribution in [-0.2, 0) is 14.4 Å². The predicted octanol–water partition coefficient (Wildman–Crippen LogP) is 4.39. The second kappa shape index (κ2) is 13.2. The smallest absolute Gasteiger partial charge is 0.410 e. The molecule has 42 heavy (non-hydrogen) atoms. The Morgan fingerprint density at radius 1 is 1.07 bits per heavy atom. The standard InChI is InChI=1S/C20H25F3N4S2.C6H8O7/c21-20(22,23)18-11-15(17-4-2-8-29-17)24-19-12-14(25-27(18)19)16-3-1-7-26(16)13-5-9-28-10-6-13;7-3(8)1-6(13,5(11)12)2-4(9)10/h2,4,8,12-13,15-16,18,24H,1,3,5-7,9-11H2;13H,1-2H2,(H,7,8)(H,9,10)(H,11,12)/t15-,16?,18+;/m0./s1. The maximum atomic E-state index is 13.9. The molecule has 11 nitrogen and oxygen atoms in total. The fraction of sp³-hybridized carbons (Fsp3) is 0.615. The molecule has 0 spiro atoms. The lowest BCUT2D eigenvalue weighted by atomic mass is 9.96. The number of likely N-dealkylation sites (tertiary alicyclic amines) is 1. The number of aliphatic carboxylic acids is 3. The summed E-state index contributed by atoms with van der Waals surface area (Å²) in [6, 6.07) is 4.43. The molecule has 3 atom stereocenters. The highest BCUT2D eigenvalue weighted by Crippen LogP contribution is 2.46. The van der Waals surface area contributed by atoms with Crippen LogP contribution in [0, 0.1) is 0 Å². The van der Waals surface area contributed by atoms with Gasteiger partial charge in [0.15, 0.2) is 11.6 Å². The molecule has 0 radical (unpaired) electrons. The number of rotatable bonds is 8. The number of nitrogens with zero attached hydrogens (tertiary/aromatic N) is 3. The Hall–Kier alpha value is -2.82. The molecule has 5 N–H and O–H groups in total. The second-order valence-electron chi connectivity index (χ2n) is 10.6. The quantitative estimate of drug-likeness (QED) is 0.280. The fourth-order valence-corrected chi connectivity index (χ4v) is 7.58. The number of thiophene rings is 1. The molecule has 2 saturated heterocycles. The lowest BCUT2D eigenvalue weighted by molar-refractivity contribution is -0.173. The van der Waals surface area contributed by atoms with Gasteiger partial charge < -0.3 is 25.7 Å². The van der Waals surface area contributed by atoms with Crippen molar-refractivity contribution < 1.29 is 48.0 Å². The highest BCUT2D eigenvalue weighted by molar-refractivity contribution is 7.99. The van der Waals surface area contributed by atoms with E-state index in [9.17, 15) is 27.6 Å². The van der Waals surface area contributed by atoms with E-state index in [2.05, 4.69) is 15.3 Å². The number of nitrogens with one attached hydrogen (secondary N) is 1. The van der Waals surface area contributed by atoms with Crippen molar-refractivity contribution in [3.8, 4) is 0 Å². The Kier molecular flexibility index (Phi) is 10.1. The number of hydrogen-bond acceptors (Lipinski definition) is 9. The molecule has 2 fully saturated rings. The first-order valence-electron chi connectivity index (χ1n) is 13.5. The van der Waals surface area contributed by atoms with Gasteiger partial charge in [-0.15, -0.1) is 11.3 Å². The summed E-state index contributed by atoms with van der Waals surface area (Å²) in [6.07, 6.45) is -2.23. The number of thioether (sulfide) groups is 1. The van der Waals surface area contributed by atoms with Crippen molar-refractivity contribution in [2.24, 2.45) is 0 Å². The van der Waals surface area contributed by atoms with Gasteiger partial charge in [-0.25, -0.2) is 9.48 Å². The van der Waals surface area contributed by atoms with Crippen molar-refractivity contribution in [3.63, 3.8) is 0 Å². The van der Waals surface area contributed by atoms with E-state index in [-0.39, 0.29) is 18.5 Å². The summed E-state index contributed by atoms with van der Waals surface area (Å²) in [7, 11) is 0. The third-order valence-electron chi connectivity index (χ3n) is 7.68. The van der Waals surface area contributed by atoms with Crippen LogP contribution >= 0.6 is 23.1 Å². The van der Waals surface area contributed by atoms with Crippen LogP contribution in [0.3, 0.4) is 0 Å². The molecule has 0 aromatic carbocycles. The Labute approximate surface area is 247 Å². The molecule has 0 bridgehead atoms. The topological polar surface area (TPSA) is 165 Å². The van der Waals surface area contributed by atoms with Crippen molar-refractivity contribution in [1.82, 2.24) is 14.7 Å². The van der Waals surface area contributed by atoms with Crippen LogP contribution in [0.1, 0.15) is 73.6 Å². The molecule has 1 unspecified atom stereocenters. The summed E-state index contributed by atoms with van der Waals surface area (Å²) in [5.41, 5.74) is -1.94. The van der Waals surface area contributed by atoms with Gasteiger partial charge in [-0.1, -0.05) is 6.07 Å². The van der Waals surface area contributed by atoms with E-state index in [1.807, 2.05) is 35.3 Å². The Morgan fingerprint density at radius 3 is 2.29 bits per heavy atom. The molecule has 0 amide bonds. The van der Waals surface area contributed by atoms with E-state index < -0.39 is 48.6 Å². The number of carboxylic acid groups (broad SMARTS) is 3. The Bertz CT molecular complexity index is 1240. The number of aromatic nitrogens is 2. The normalized spacial score (nSPS) is 23.4. The Balaban J connectivity index is 0.000000266. The first kappa shape index (κ1) is 32.1. The minimum atomic E-state index is -4.31. The van der Waals surface area contributed by atoms with Crippen LogP contribution < -0.4 is 5.32 Å². The number of carboxylic acids is 3. The molecule has 5 heterocycles. The van der Waals surface area contributed by atoms with E-state index in [0.717, 1.165) is 30.0 Å². The summed E-state index contributed by atoms with van der Waals surface area (Å²) in [5.74, 6) is -2.17. The lowest BCUT2D eigenvalue weighted by Gasteiger charge is -2.34.